The molecule has 4 heteroatoms. The molecular weight excluding hydrogens is 300 g/mol. The van der Waals surface area contributed by atoms with E-state index in [9.17, 15) is 9.59 Å². The topological polar surface area (TPSA) is 49.4 Å². The van der Waals surface area contributed by atoms with E-state index in [4.69, 9.17) is 0 Å². The lowest BCUT2D eigenvalue weighted by Crippen LogP contribution is -2.47. The maximum atomic E-state index is 12.8. The van der Waals surface area contributed by atoms with Crippen molar-refractivity contribution in [2.45, 2.75) is 45.6 Å². The first-order chi connectivity index (χ1) is 11.6. The molecule has 24 heavy (non-hydrogen) atoms. The molecule has 1 aromatic rings. The molecule has 130 valence electrons. The van der Waals surface area contributed by atoms with Gasteiger partial charge in [0, 0.05) is 19.0 Å². The largest absolute Gasteiger partial charge is 0.349 e. The first-order valence-corrected chi connectivity index (χ1v) is 9.20. The summed E-state index contributed by atoms with van der Waals surface area (Å²) in [5.74, 6) is 0.830. The van der Waals surface area contributed by atoms with Gasteiger partial charge in [0.1, 0.15) is 0 Å². The molecule has 2 aliphatic rings. The third-order valence-electron chi connectivity index (χ3n) is 5.15. The maximum Gasteiger partial charge on any atom is 0.225 e. The third-order valence-corrected chi connectivity index (χ3v) is 5.15. The molecule has 1 saturated carbocycles. The fourth-order valence-corrected chi connectivity index (χ4v) is 3.55. The summed E-state index contributed by atoms with van der Waals surface area (Å²) in [7, 11) is 0. The lowest BCUT2D eigenvalue weighted by atomic mass is 9.92. The van der Waals surface area contributed by atoms with Gasteiger partial charge >= 0.3 is 0 Å². The van der Waals surface area contributed by atoms with Crippen molar-refractivity contribution in [3.8, 4) is 0 Å². The van der Waals surface area contributed by atoms with Gasteiger partial charge in [-0.1, -0.05) is 44.2 Å². The molecule has 0 spiro atoms. The van der Waals surface area contributed by atoms with Gasteiger partial charge in [-0.15, -0.1) is 0 Å². The zero-order valence-corrected chi connectivity index (χ0v) is 14.7. The van der Waals surface area contributed by atoms with Gasteiger partial charge in [-0.2, -0.15) is 0 Å². The summed E-state index contributed by atoms with van der Waals surface area (Å²) in [6.45, 7) is 5.65. The molecule has 1 heterocycles. The fourth-order valence-electron chi connectivity index (χ4n) is 3.55. The molecule has 2 atom stereocenters. The van der Waals surface area contributed by atoms with Gasteiger partial charge in [0.15, 0.2) is 0 Å². The van der Waals surface area contributed by atoms with Crippen molar-refractivity contribution >= 4 is 11.8 Å². The molecule has 3 rings (SSSR count). The van der Waals surface area contributed by atoms with Crippen molar-refractivity contribution in [1.82, 2.24) is 10.2 Å². The van der Waals surface area contributed by atoms with Crippen LogP contribution in [0.1, 0.15) is 51.1 Å². The van der Waals surface area contributed by atoms with E-state index >= 15 is 0 Å². The minimum absolute atomic E-state index is 0.0215. The number of nitrogens with one attached hydrogen (secondary N) is 1. The molecule has 2 amide bonds. The van der Waals surface area contributed by atoms with Gasteiger partial charge in [0.25, 0.3) is 0 Å². The van der Waals surface area contributed by atoms with Crippen LogP contribution in [-0.4, -0.2) is 29.8 Å². The number of nitrogens with zero attached hydrogens (tertiary/aromatic N) is 1. The van der Waals surface area contributed by atoms with Crippen LogP contribution in [0.5, 0.6) is 0 Å². The average molecular weight is 328 g/mol. The van der Waals surface area contributed by atoms with Gasteiger partial charge in [-0.25, -0.2) is 0 Å². The zero-order chi connectivity index (χ0) is 17.1. The van der Waals surface area contributed by atoms with Gasteiger partial charge < -0.3 is 10.2 Å². The van der Waals surface area contributed by atoms with E-state index in [1.54, 1.807) is 0 Å². The van der Waals surface area contributed by atoms with Gasteiger partial charge in [0.05, 0.1) is 12.0 Å². The van der Waals surface area contributed by atoms with Crippen molar-refractivity contribution < 1.29 is 9.59 Å². The van der Waals surface area contributed by atoms with Crippen molar-refractivity contribution in [2.24, 2.45) is 17.8 Å². The molecule has 0 radical (unpaired) electrons. The normalized spacial score (nSPS) is 22.3. The van der Waals surface area contributed by atoms with Crippen LogP contribution in [0.15, 0.2) is 30.3 Å². The lowest BCUT2D eigenvalue weighted by molar-refractivity contribution is -0.137. The molecule has 0 aromatic heterocycles. The van der Waals surface area contributed by atoms with Crippen LogP contribution in [-0.2, 0) is 9.59 Å². The minimum Gasteiger partial charge on any atom is -0.349 e. The second kappa shape index (κ2) is 7.37. The Hall–Kier alpha value is -1.84. The molecule has 1 saturated heterocycles. The summed E-state index contributed by atoms with van der Waals surface area (Å²) in [5.41, 5.74) is 1.14. The Balaban J connectivity index is 1.63. The van der Waals surface area contributed by atoms with Crippen molar-refractivity contribution in [3.05, 3.63) is 35.9 Å². The molecule has 1 aromatic carbocycles. The Morgan fingerprint density at radius 3 is 2.42 bits per heavy atom. The Morgan fingerprint density at radius 1 is 1.08 bits per heavy atom. The Morgan fingerprint density at radius 2 is 1.79 bits per heavy atom. The first-order valence-electron chi connectivity index (χ1n) is 9.20. The smallest absolute Gasteiger partial charge is 0.225 e. The lowest BCUT2D eigenvalue weighted by Gasteiger charge is -2.33. The summed E-state index contributed by atoms with van der Waals surface area (Å²) >= 11 is 0. The van der Waals surface area contributed by atoms with Crippen molar-refractivity contribution in [1.29, 1.82) is 0 Å². The van der Waals surface area contributed by atoms with Crippen LogP contribution >= 0.6 is 0 Å². The van der Waals surface area contributed by atoms with E-state index in [0.717, 1.165) is 37.8 Å². The van der Waals surface area contributed by atoms with E-state index in [2.05, 4.69) is 31.3 Å². The number of piperidine rings is 1. The molecular formula is C20H28N2O2. The van der Waals surface area contributed by atoms with Gasteiger partial charge in [-0.05, 0) is 37.2 Å². The minimum atomic E-state index is -0.0774. The number of hydrogen-bond acceptors (Lipinski definition) is 2. The third kappa shape index (κ3) is 3.97. The molecule has 0 bridgehead atoms. The number of carbonyl (C=O) groups excluding carboxylic acids is 2. The predicted molar refractivity (Wildman–Crippen MR) is 94.2 cm³/mol. The van der Waals surface area contributed by atoms with E-state index in [-0.39, 0.29) is 29.7 Å². The van der Waals surface area contributed by atoms with Crippen LogP contribution < -0.4 is 5.32 Å². The molecule has 1 N–H and O–H groups in total. The summed E-state index contributed by atoms with van der Waals surface area (Å²) in [6, 6.07) is 10.2. The van der Waals surface area contributed by atoms with Crippen LogP contribution in [0.4, 0.5) is 0 Å². The zero-order valence-electron chi connectivity index (χ0n) is 14.7. The first kappa shape index (κ1) is 17.0. The molecule has 1 aliphatic carbocycles. The average Bonchev–Trinajstić information content (AvgIpc) is 3.44. The summed E-state index contributed by atoms with van der Waals surface area (Å²) in [4.78, 5) is 27.0. The van der Waals surface area contributed by atoms with Gasteiger partial charge in [-0.3, -0.25) is 9.59 Å². The highest BCUT2D eigenvalue weighted by Crippen LogP contribution is 2.32. The standard InChI is InChI=1S/C20H28N2O2/c1-14(2)18(15-7-4-3-5-8-15)21-19(23)17-9-6-12-22(13-17)20(24)16-10-11-16/h3-5,7-8,14,16-18H,6,9-13H2,1-2H3,(H,21,23). The molecule has 4 nitrogen and oxygen atoms in total. The number of carbonyl (C=O) groups is 2. The van der Waals surface area contributed by atoms with Gasteiger partial charge in [0.2, 0.25) is 11.8 Å². The Bertz CT molecular complexity index is 581. The Labute approximate surface area is 144 Å². The number of likely N-dealkylation sites (tertiary alicyclic amines) is 1. The Kier molecular flexibility index (Phi) is 5.22. The van der Waals surface area contributed by atoms with Crippen molar-refractivity contribution in [3.63, 3.8) is 0 Å². The highest BCUT2D eigenvalue weighted by Gasteiger charge is 2.37. The molecule has 1 aliphatic heterocycles. The summed E-state index contributed by atoms with van der Waals surface area (Å²) in [5, 5.41) is 3.23. The van der Waals surface area contributed by atoms with Crippen LogP contribution in [0, 0.1) is 17.8 Å². The number of amides is 2. The highest BCUT2D eigenvalue weighted by molar-refractivity contribution is 5.83. The predicted octanol–water partition coefficient (Wildman–Crippen LogP) is 3.15. The van der Waals surface area contributed by atoms with E-state index < -0.39 is 0 Å². The SMILES string of the molecule is CC(C)C(NC(=O)C1CCCN(C(=O)C2CC2)C1)c1ccccc1. The second-order valence-corrected chi connectivity index (χ2v) is 7.54. The maximum absolute atomic E-state index is 12.8. The fraction of sp³-hybridized carbons (Fsp3) is 0.600. The van der Waals surface area contributed by atoms with Crippen LogP contribution in [0.2, 0.25) is 0 Å². The van der Waals surface area contributed by atoms with E-state index in [1.807, 2.05) is 23.1 Å². The van der Waals surface area contributed by atoms with E-state index in [0.29, 0.717) is 12.5 Å². The van der Waals surface area contributed by atoms with E-state index in [1.165, 1.54) is 0 Å². The van der Waals surface area contributed by atoms with Crippen LogP contribution in [0.3, 0.4) is 0 Å². The van der Waals surface area contributed by atoms with Crippen molar-refractivity contribution in [2.75, 3.05) is 13.1 Å². The number of hydrogen-bond donors (Lipinski definition) is 1. The second-order valence-electron chi connectivity index (χ2n) is 7.54. The quantitative estimate of drug-likeness (QED) is 0.903. The summed E-state index contributed by atoms with van der Waals surface area (Å²) in [6.07, 6.45) is 3.85. The number of benzene rings is 1. The van der Waals surface area contributed by atoms with Crippen LogP contribution in [0.25, 0.3) is 0 Å². The monoisotopic (exact) mass is 328 g/mol. The molecule has 2 unspecified atom stereocenters. The number of rotatable bonds is 5. The highest BCUT2D eigenvalue weighted by atomic mass is 16.2. The molecule has 2 fully saturated rings. The summed E-state index contributed by atoms with van der Waals surface area (Å²) < 4.78 is 0.